The molecule has 0 fully saturated rings. The molecule has 6 nitrogen and oxygen atoms in total. The van der Waals surface area contributed by atoms with Crippen molar-refractivity contribution in [2.24, 2.45) is 0 Å². The second kappa shape index (κ2) is 5.31. The first-order valence-electron chi connectivity index (χ1n) is 6.89. The number of amides is 1. The molecular formula is C16H16N2O4. The predicted octanol–water partition coefficient (Wildman–Crippen LogP) is 2.37. The first-order chi connectivity index (χ1) is 10.5. The van der Waals surface area contributed by atoms with Crippen LogP contribution in [0.5, 0.6) is 0 Å². The van der Waals surface area contributed by atoms with Gasteiger partial charge in [-0.3, -0.25) is 4.79 Å². The summed E-state index contributed by atoms with van der Waals surface area (Å²) in [6, 6.07) is 10.8. The highest BCUT2D eigenvalue weighted by Crippen LogP contribution is 2.27. The number of aryl methyl sites for hydroxylation is 1. The van der Waals surface area contributed by atoms with Gasteiger partial charge in [0.1, 0.15) is 22.7 Å². The van der Waals surface area contributed by atoms with E-state index in [2.05, 4.69) is 10.5 Å². The maximum absolute atomic E-state index is 11.9. The van der Waals surface area contributed by atoms with Crippen molar-refractivity contribution in [3.05, 3.63) is 53.6 Å². The maximum Gasteiger partial charge on any atom is 0.273 e. The quantitative estimate of drug-likeness (QED) is 0.772. The summed E-state index contributed by atoms with van der Waals surface area (Å²) >= 11 is 0. The van der Waals surface area contributed by atoms with E-state index < -0.39 is 11.5 Å². The highest BCUT2D eigenvalue weighted by molar-refractivity contribution is 5.92. The lowest BCUT2D eigenvalue weighted by Gasteiger charge is -2.20. The lowest BCUT2D eigenvalue weighted by atomic mass is 10.0. The number of furan rings is 1. The summed E-state index contributed by atoms with van der Waals surface area (Å²) in [5.74, 6) is 0.535. The van der Waals surface area contributed by atoms with Gasteiger partial charge < -0.3 is 19.4 Å². The van der Waals surface area contributed by atoms with Crippen LogP contribution >= 0.6 is 0 Å². The van der Waals surface area contributed by atoms with E-state index in [0.717, 1.165) is 5.39 Å². The van der Waals surface area contributed by atoms with Crippen LogP contribution in [0.15, 0.2) is 45.3 Å². The lowest BCUT2D eigenvalue weighted by molar-refractivity contribution is 0.0343. The van der Waals surface area contributed by atoms with E-state index in [1.165, 1.54) is 6.07 Å². The average Bonchev–Trinajstić information content (AvgIpc) is 3.11. The normalized spacial score (nSPS) is 14.0. The second-order valence-electron chi connectivity index (χ2n) is 5.43. The monoisotopic (exact) mass is 300 g/mol. The van der Waals surface area contributed by atoms with Crippen LogP contribution in [0.25, 0.3) is 11.0 Å². The van der Waals surface area contributed by atoms with Crippen LogP contribution in [0.3, 0.4) is 0 Å². The van der Waals surface area contributed by atoms with Crippen LogP contribution in [-0.2, 0) is 5.60 Å². The van der Waals surface area contributed by atoms with Gasteiger partial charge in [0.05, 0.1) is 6.54 Å². The number of fused-ring (bicyclic) bond motifs is 1. The van der Waals surface area contributed by atoms with Crippen LogP contribution in [0.2, 0.25) is 0 Å². The van der Waals surface area contributed by atoms with Crippen LogP contribution in [0, 0.1) is 6.92 Å². The van der Waals surface area contributed by atoms with Crippen molar-refractivity contribution in [3.63, 3.8) is 0 Å². The lowest BCUT2D eigenvalue weighted by Crippen LogP contribution is -2.38. The predicted molar refractivity (Wildman–Crippen MR) is 79.4 cm³/mol. The van der Waals surface area contributed by atoms with Crippen LogP contribution in [0.1, 0.15) is 28.9 Å². The number of rotatable bonds is 4. The third kappa shape index (κ3) is 2.73. The van der Waals surface area contributed by atoms with Crippen molar-refractivity contribution in [2.45, 2.75) is 19.4 Å². The Bertz CT molecular complexity index is 783. The van der Waals surface area contributed by atoms with E-state index >= 15 is 0 Å². The smallest absolute Gasteiger partial charge is 0.273 e. The van der Waals surface area contributed by atoms with Gasteiger partial charge in [-0.05, 0) is 26.0 Å². The Morgan fingerprint density at radius 3 is 2.82 bits per heavy atom. The molecular weight excluding hydrogens is 284 g/mol. The fraction of sp³-hybridized carbons (Fsp3) is 0.250. The molecule has 3 rings (SSSR count). The zero-order valence-electron chi connectivity index (χ0n) is 12.3. The Balaban J connectivity index is 1.74. The molecule has 1 amide bonds. The number of para-hydroxylation sites is 1. The first kappa shape index (κ1) is 14.3. The molecule has 22 heavy (non-hydrogen) atoms. The summed E-state index contributed by atoms with van der Waals surface area (Å²) in [6.45, 7) is 3.28. The molecule has 2 N–H and O–H groups in total. The van der Waals surface area contributed by atoms with Gasteiger partial charge in [0.15, 0.2) is 5.69 Å². The SMILES string of the molecule is Cc1cc(C(=O)NCC(C)(O)c2cc3ccccc3o2)no1. The van der Waals surface area contributed by atoms with E-state index in [0.29, 0.717) is 17.1 Å². The summed E-state index contributed by atoms with van der Waals surface area (Å²) in [5.41, 5.74) is -0.456. The first-order valence-corrected chi connectivity index (χ1v) is 6.89. The van der Waals surface area contributed by atoms with E-state index in [1.807, 2.05) is 24.3 Å². The maximum atomic E-state index is 11.9. The number of nitrogens with zero attached hydrogens (tertiary/aromatic N) is 1. The molecule has 0 aliphatic rings. The highest BCUT2D eigenvalue weighted by atomic mass is 16.5. The van der Waals surface area contributed by atoms with Gasteiger partial charge >= 0.3 is 0 Å². The van der Waals surface area contributed by atoms with Gasteiger partial charge in [-0.25, -0.2) is 0 Å². The Morgan fingerprint density at radius 2 is 2.14 bits per heavy atom. The van der Waals surface area contributed by atoms with E-state index in [9.17, 15) is 9.90 Å². The number of nitrogens with one attached hydrogen (secondary N) is 1. The van der Waals surface area contributed by atoms with Gasteiger partial charge in [-0.2, -0.15) is 0 Å². The van der Waals surface area contributed by atoms with Gasteiger partial charge in [0.2, 0.25) is 0 Å². The third-order valence-electron chi connectivity index (χ3n) is 3.41. The molecule has 0 spiro atoms. The van der Waals surface area contributed by atoms with Crippen molar-refractivity contribution < 1.29 is 18.8 Å². The van der Waals surface area contributed by atoms with E-state index in [1.54, 1.807) is 19.9 Å². The fourth-order valence-corrected chi connectivity index (χ4v) is 2.15. The molecule has 6 heteroatoms. The molecule has 0 saturated heterocycles. The highest BCUT2D eigenvalue weighted by Gasteiger charge is 2.28. The fourth-order valence-electron chi connectivity index (χ4n) is 2.15. The van der Waals surface area contributed by atoms with E-state index in [4.69, 9.17) is 8.94 Å². The van der Waals surface area contributed by atoms with Gasteiger partial charge in [-0.15, -0.1) is 0 Å². The average molecular weight is 300 g/mol. The summed E-state index contributed by atoms with van der Waals surface area (Å²) in [7, 11) is 0. The summed E-state index contributed by atoms with van der Waals surface area (Å²) in [6.07, 6.45) is 0. The molecule has 0 aliphatic heterocycles. The number of aliphatic hydroxyl groups is 1. The molecule has 114 valence electrons. The van der Waals surface area contributed by atoms with Gasteiger partial charge in [0.25, 0.3) is 5.91 Å². The van der Waals surface area contributed by atoms with E-state index in [-0.39, 0.29) is 12.2 Å². The number of hydrogen-bond acceptors (Lipinski definition) is 5. The standard InChI is InChI=1S/C16H16N2O4/c1-10-7-12(18-22-10)15(19)17-9-16(2,20)14-8-11-5-3-4-6-13(11)21-14/h3-8,20H,9H2,1-2H3,(H,17,19). The molecule has 0 radical (unpaired) electrons. The number of aromatic nitrogens is 1. The number of carbonyl (C=O) groups is 1. The zero-order chi connectivity index (χ0) is 15.7. The third-order valence-corrected chi connectivity index (χ3v) is 3.41. The number of hydrogen-bond donors (Lipinski definition) is 2. The second-order valence-corrected chi connectivity index (χ2v) is 5.43. The number of benzene rings is 1. The Labute approximate surface area is 126 Å². The topological polar surface area (TPSA) is 88.5 Å². The molecule has 2 heterocycles. The van der Waals surface area contributed by atoms with Crippen molar-refractivity contribution in [1.29, 1.82) is 0 Å². The molecule has 0 bridgehead atoms. The molecule has 0 aliphatic carbocycles. The van der Waals surface area contributed by atoms with Crippen LogP contribution < -0.4 is 5.32 Å². The van der Waals surface area contributed by atoms with Gasteiger partial charge in [-0.1, -0.05) is 23.4 Å². The Morgan fingerprint density at radius 1 is 1.36 bits per heavy atom. The van der Waals surface area contributed by atoms with Crippen molar-refractivity contribution in [3.8, 4) is 0 Å². The molecule has 2 aromatic heterocycles. The summed E-state index contributed by atoms with van der Waals surface area (Å²) in [4.78, 5) is 11.9. The molecule has 0 saturated carbocycles. The zero-order valence-corrected chi connectivity index (χ0v) is 12.3. The molecule has 1 atom stereocenters. The van der Waals surface area contributed by atoms with Crippen molar-refractivity contribution in [1.82, 2.24) is 10.5 Å². The summed E-state index contributed by atoms with van der Waals surface area (Å²) < 4.78 is 10.5. The van der Waals surface area contributed by atoms with Crippen LogP contribution in [-0.4, -0.2) is 22.7 Å². The van der Waals surface area contributed by atoms with Gasteiger partial charge in [0, 0.05) is 11.5 Å². The minimum absolute atomic E-state index is 0.00242. The largest absolute Gasteiger partial charge is 0.458 e. The number of carbonyl (C=O) groups excluding carboxylic acids is 1. The molecule has 1 unspecified atom stereocenters. The summed E-state index contributed by atoms with van der Waals surface area (Å²) in [5, 5.41) is 17.7. The molecule has 1 aromatic carbocycles. The minimum Gasteiger partial charge on any atom is -0.458 e. The van der Waals surface area contributed by atoms with Crippen molar-refractivity contribution in [2.75, 3.05) is 6.54 Å². The van der Waals surface area contributed by atoms with Crippen molar-refractivity contribution >= 4 is 16.9 Å². The molecule has 3 aromatic rings. The van der Waals surface area contributed by atoms with Crippen LogP contribution in [0.4, 0.5) is 0 Å². The Hall–Kier alpha value is -2.60. The minimum atomic E-state index is -1.33. The Kier molecular flexibility index (Phi) is 3.46.